The highest BCUT2D eigenvalue weighted by Gasteiger charge is 2.14. The third kappa shape index (κ3) is 5.16. The van der Waals surface area contributed by atoms with Crippen molar-refractivity contribution in [3.63, 3.8) is 0 Å². The van der Waals surface area contributed by atoms with E-state index in [0.717, 1.165) is 0 Å². The number of nitrogens with zero attached hydrogens (tertiary/aromatic N) is 2. The quantitative estimate of drug-likeness (QED) is 0.679. The average molecular weight is 251 g/mol. The molecule has 1 rings (SSSR count). The lowest BCUT2D eigenvalue weighted by Gasteiger charge is -2.03. The Morgan fingerprint density at radius 3 is 2.82 bits per heavy atom. The summed E-state index contributed by atoms with van der Waals surface area (Å²) in [7, 11) is 1.51. The molecule has 0 bridgehead atoms. The Labute approximate surface area is 97.1 Å². The van der Waals surface area contributed by atoms with Crippen molar-refractivity contribution in [1.29, 1.82) is 0 Å². The van der Waals surface area contributed by atoms with Gasteiger partial charge < -0.3 is 19.7 Å². The van der Waals surface area contributed by atoms with Crippen molar-refractivity contribution in [2.75, 3.05) is 26.9 Å². The van der Waals surface area contributed by atoms with Gasteiger partial charge in [0.05, 0.1) is 13.2 Å². The molecule has 0 spiro atoms. The van der Waals surface area contributed by atoms with Crippen LogP contribution >= 0.6 is 0 Å². The number of rotatable bonds is 8. The highest BCUT2D eigenvalue weighted by atomic mass is 19.3. The van der Waals surface area contributed by atoms with Crippen LogP contribution in [0, 0.1) is 0 Å². The Kier molecular flexibility index (Phi) is 5.95. The first kappa shape index (κ1) is 13.9. The van der Waals surface area contributed by atoms with E-state index >= 15 is 0 Å². The summed E-state index contributed by atoms with van der Waals surface area (Å²) in [5, 5.41) is 3.65. The molecular formula is C9H15F2N3O3. The SMILES string of the molecule is COCC(N)c1nc(CCOCC(F)F)no1. The number of aromatic nitrogens is 2. The largest absolute Gasteiger partial charge is 0.383 e. The van der Waals surface area contributed by atoms with Crippen LogP contribution in [0.4, 0.5) is 8.78 Å². The van der Waals surface area contributed by atoms with Crippen LogP contribution in [0.1, 0.15) is 17.8 Å². The molecule has 98 valence electrons. The molecule has 0 radical (unpaired) electrons. The number of alkyl halides is 2. The van der Waals surface area contributed by atoms with Crippen LogP contribution in [0.15, 0.2) is 4.52 Å². The monoisotopic (exact) mass is 251 g/mol. The van der Waals surface area contributed by atoms with Crippen LogP contribution < -0.4 is 5.73 Å². The summed E-state index contributed by atoms with van der Waals surface area (Å²) in [6.07, 6.45) is -2.17. The van der Waals surface area contributed by atoms with E-state index in [2.05, 4.69) is 14.9 Å². The number of ether oxygens (including phenoxy) is 2. The molecule has 1 aromatic heterocycles. The van der Waals surface area contributed by atoms with Gasteiger partial charge in [0.15, 0.2) is 5.82 Å². The van der Waals surface area contributed by atoms with Crippen molar-refractivity contribution in [2.24, 2.45) is 5.73 Å². The van der Waals surface area contributed by atoms with E-state index in [-0.39, 0.29) is 19.1 Å². The van der Waals surface area contributed by atoms with Gasteiger partial charge in [-0.1, -0.05) is 5.16 Å². The summed E-state index contributed by atoms with van der Waals surface area (Å²) in [5.41, 5.74) is 5.66. The van der Waals surface area contributed by atoms with Crippen molar-refractivity contribution >= 4 is 0 Å². The Bertz CT molecular complexity index is 322. The number of methoxy groups -OCH3 is 1. The molecule has 0 aliphatic heterocycles. The first-order chi connectivity index (χ1) is 8.13. The van der Waals surface area contributed by atoms with Gasteiger partial charge in [0.25, 0.3) is 6.43 Å². The van der Waals surface area contributed by atoms with Gasteiger partial charge in [-0.05, 0) is 0 Å². The molecule has 0 amide bonds. The molecule has 0 aliphatic rings. The molecule has 17 heavy (non-hydrogen) atoms. The predicted octanol–water partition coefficient (Wildman–Crippen LogP) is 0.540. The van der Waals surface area contributed by atoms with E-state index in [4.69, 9.17) is 15.0 Å². The Balaban J connectivity index is 2.30. The van der Waals surface area contributed by atoms with Gasteiger partial charge in [-0.25, -0.2) is 8.78 Å². The minimum absolute atomic E-state index is 0.114. The lowest BCUT2D eigenvalue weighted by molar-refractivity contribution is 0.0182. The molecule has 0 aliphatic carbocycles. The molecular weight excluding hydrogens is 236 g/mol. The molecule has 8 heteroatoms. The maximum atomic E-state index is 11.8. The zero-order valence-corrected chi connectivity index (χ0v) is 9.44. The van der Waals surface area contributed by atoms with Crippen molar-refractivity contribution in [1.82, 2.24) is 10.1 Å². The lowest BCUT2D eigenvalue weighted by Crippen LogP contribution is -2.16. The summed E-state index contributed by atoms with van der Waals surface area (Å²) in [6.45, 7) is -0.208. The molecule has 0 fully saturated rings. The molecule has 2 N–H and O–H groups in total. The van der Waals surface area contributed by atoms with E-state index in [1.165, 1.54) is 7.11 Å². The van der Waals surface area contributed by atoms with Gasteiger partial charge in [0.2, 0.25) is 5.89 Å². The van der Waals surface area contributed by atoms with Crippen LogP contribution in [0.3, 0.4) is 0 Å². The van der Waals surface area contributed by atoms with E-state index in [1.54, 1.807) is 0 Å². The fourth-order valence-electron chi connectivity index (χ4n) is 1.11. The van der Waals surface area contributed by atoms with E-state index in [1.807, 2.05) is 0 Å². The summed E-state index contributed by atoms with van der Waals surface area (Å²) >= 11 is 0. The van der Waals surface area contributed by atoms with Crippen LogP contribution in [-0.4, -0.2) is 43.5 Å². The topological polar surface area (TPSA) is 83.4 Å². The highest BCUT2D eigenvalue weighted by Crippen LogP contribution is 2.08. The molecule has 0 aromatic carbocycles. The summed E-state index contributed by atoms with van der Waals surface area (Å²) in [5.74, 6) is 0.636. The Hall–Kier alpha value is -1.12. The third-order valence-corrected chi connectivity index (χ3v) is 1.86. The molecule has 1 heterocycles. The highest BCUT2D eigenvalue weighted by molar-refractivity contribution is 4.91. The number of nitrogens with two attached hydrogens (primary N) is 1. The van der Waals surface area contributed by atoms with Crippen LogP contribution in [0.25, 0.3) is 0 Å². The van der Waals surface area contributed by atoms with Crippen LogP contribution in [-0.2, 0) is 15.9 Å². The Morgan fingerprint density at radius 1 is 1.41 bits per heavy atom. The van der Waals surface area contributed by atoms with Gasteiger partial charge >= 0.3 is 0 Å². The minimum atomic E-state index is -2.47. The van der Waals surface area contributed by atoms with E-state index in [0.29, 0.717) is 12.2 Å². The normalized spacial score (nSPS) is 13.2. The van der Waals surface area contributed by atoms with E-state index in [9.17, 15) is 8.78 Å². The molecule has 6 nitrogen and oxygen atoms in total. The maximum absolute atomic E-state index is 11.8. The second kappa shape index (κ2) is 7.25. The van der Waals surface area contributed by atoms with Gasteiger partial charge in [-0.2, -0.15) is 4.98 Å². The van der Waals surface area contributed by atoms with Gasteiger partial charge in [-0.15, -0.1) is 0 Å². The number of halogens is 2. The maximum Gasteiger partial charge on any atom is 0.261 e. The van der Waals surface area contributed by atoms with E-state index < -0.39 is 19.1 Å². The third-order valence-electron chi connectivity index (χ3n) is 1.86. The van der Waals surface area contributed by atoms with Crippen LogP contribution in [0.2, 0.25) is 0 Å². The van der Waals surface area contributed by atoms with Crippen molar-refractivity contribution in [2.45, 2.75) is 18.9 Å². The number of hydrogen-bond acceptors (Lipinski definition) is 6. The molecule has 1 unspecified atom stereocenters. The summed E-state index contributed by atoms with van der Waals surface area (Å²) < 4.78 is 37.9. The van der Waals surface area contributed by atoms with Crippen LogP contribution in [0.5, 0.6) is 0 Å². The van der Waals surface area contributed by atoms with Crippen molar-refractivity contribution in [3.8, 4) is 0 Å². The molecule has 1 atom stereocenters. The average Bonchev–Trinajstić information content (AvgIpc) is 2.73. The van der Waals surface area contributed by atoms with Gasteiger partial charge in [0, 0.05) is 13.5 Å². The summed E-state index contributed by atoms with van der Waals surface area (Å²) in [4.78, 5) is 4.00. The fraction of sp³-hybridized carbons (Fsp3) is 0.778. The molecule has 1 aromatic rings. The minimum Gasteiger partial charge on any atom is -0.383 e. The first-order valence-corrected chi connectivity index (χ1v) is 5.06. The molecule has 0 saturated heterocycles. The Morgan fingerprint density at radius 2 is 2.18 bits per heavy atom. The zero-order chi connectivity index (χ0) is 12.7. The number of hydrogen-bond donors (Lipinski definition) is 1. The molecule has 0 saturated carbocycles. The fourth-order valence-corrected chi connectivity index (χ4v) is 1.11. The second-order valence-electron chi connectivity index (χ2n) is 3.33. The van der Waals surface area contributed by atoms with Gasteiger partial charge in [-0.3, -0.25) is 0 Å². The zero-order valence-electron chi connectivity index (χ0n) is 9.44. The predicted molar refractivity (Wildman–Crippen MR) is 53.6 cm³/mol. The van der Waals surface area contributed by atoms with Gasteiger partial charge in [0.1, 0.15) is 12.6 Å². The lowest BCUT2D eigenvalue weighted by atomic mass is 10.3. The second-order valence-corrected chi connectivity index (χ2v) is 3.33. The van der Waals surface area contributed by atoms with Crippen molar-refractivity contribution in [3.05, 3.63) is 11.7 Å². The van der Waals surface area contributed by atoms with Crippen molar-refractivity contribution < 1.29 is 22.8 Å². The summed E-state index contributed by atoms with van der Waals surface area (Å²) in [6, 6.07) is -0.483. The standard InChI is InChI=1S/C9H15F2N3O3/c1-15-4-6(12)9-13-8(14-17-9)2-3-16-5-7(10)11/h6-7H,2-5,12H2,1H3. The first-order valence-electron chi connectivity index (χ1n) is 5.06. The smallest absolute Gasteiger partial charge is 0.261 e.